The molecule has 0 fully saturated rings. The molecule has 0 amide bonds. The number of aliphatic hydroxyl groups excluding tert-OH is 1. The number of phosphoric ester groups is 1. The van der Waals surface area contributed by atoms with Gasteiger partial charge in [-0.3, -0.25) is 9.09 Å². The van der Waals surface area contributed by atoms with Crippen molar-refractivity contribution in [3.05, 3.63) is 0 Å². The molecular weight excluding hydrogens is 437 g/mol. The summed E-state index contributed by atoms with van der Waals surface area (Å²) in [6, 6.07) is 0. The highest BCUT2D eigenvalue weighted by atomic mass is 32.2. The largest absolute Gasteiger partial charge is 0.850 e. The first kappa shape index (κ1) is 30.5. The van der Waals surface area contributed by atoms with Crippen molar-refractivity contribution in [3.63, 3.8) is 0 Å². The van der Waals surface area contributed by atoms with Crippen molar-refractivity contribution in [1.29, 1.82) is 0 Å². The zero-order valence-electron chi connectivity index (χ0n) is 19.3. The van der Waals surface area contributed by atoms with Gasteiger partial charge in [0.15, 0.2) is 6.79 Å². The number of nitrogens with zero attached hydrogens (tertiary/aromatic N) is 2. The number of hydrogen-bond donors (Lipinski definition) is 3. The molecule has 0 aromatic rings. The molecule has 0 rings (SSSR count). The normalized spacial score (nSPS) is 14.3. The first-order valence-corrected chi connectivity index (χ1v) is 10.7. The first-order chi connectivity index (χ1) is 13.7. The molecule has 1 atom stereocenters. The number of hydrogen-bond acceptors (Lipinski definition) is 11. The van der Waals surface area contributed by atoms with Gasteiger partial charge in [-0.2, -0.15) is 0 Å². The van der Waals surface area contributed by atoms with Crippen LogP contribution in [-0.4, -0.2) is 120 Å². The highest BCUT2D eigenvalue weighted by Crippen LogP contribution is 2.28. The highest BCUT2D eigenvalue weighted by Gasteiger charge is 2.04. The molecule has 29 heavy (non-hydrogen) atoms. The van der Waals surface area contributed by atoms with Gasteiger partial charge in [-0.05, 0) is 7.05 Å². The fourth-order valence-corrected chi connectivity index (χ4v) is 1.35. The van der Waals surface area contributed by atoms with Gasteiger partial charge in [0, 0.05) is 0 Å². The van der Waals surface area contributed by atoms with Crippen LogP contribution >= 0.6 is 7.82 Å². The topological polar surface area (TPSA) is 222 Å². The van der Waals surface area contributed by atoms with Crippen molar-refractivity contribution in [1.82, 2.24) is 5.32 Å². The second-order valence-electron chi connectivity index (χ2n) is 6.61. The van der Waals surface area contributed by atoms with Crippen LogP contribution in [0.15, 0.2) is 0 Å². The molecule has 180 valence electrons. The average Bonchev–Trinajstić information content (AvgIpc) is 2.53. The van der Waals surface area contributed by atoms with Crippen molar-refractivity contribution >= 4 is 23.9 Å². The predicted molar refractivity (Wildman–Crippen MR) is 97.3 cm³/mol. The van der Waals surface area contributed by atoms with E-state index in [1.165, 1.54) is 7.05 Å². The Balaban J connectivity index is -0.000000158. The van der Waals surface area contributed by atoms with Gasteiger partial charge in [0.25, 0.3) is 7.82 Å². The van der Waals surface area contributed by atoms with Crippen molar-refractivity contribution in [3.8, 4) is 0 Å². The van der Waals surface area contributed by atoms with Crippen molar-refractivity contribution in [2.75, 3.05) is 81.7 Å². The number of carbonyl (C=O) groups is 1. The van der Waals surface area contributed by atoms with E-state index in [9.17, 15) is 37.4 Å². The van der Waals surface area contributed by atoms with Crippen molar-refractivity contribution in [2.24, 2.45) is 0 Å². The monoisotopic (exact) mass is 473 g/mol. The molecule has 14 nitrogen and oxygen atoms in total. The minimum Gasteiger partial charge on any atom is -0.850 e. The van der Waals surface area contributed by atoms with Gasteiger partial charge in [0.05, 0.1) is 63.4 Å². The number of aliphatic hydroxyl groups is 1. The lowest BCUT2D eigenvalue weighted by molar-refractivity contribution is -0.875. The number of carboxylic acid groups (broad SMARTS) is 1. The molecule has 0 aromatic heterocycles. The Morgan fingerprint density at radius 2 is 1.69 bits per heavy atom. The molecule has 0 aromatic carbocycles. The van der Waals surface area contributed by atoms with E-state index in [0.717, 1.165) is 0 Å². The van der Waals surface area contributed by atoms with E-state index in [-0.39, 0.29) is 24.7 Å². The summed E-state index contributed by atoms with van der Waals surface area (Å²) in [6.45, 7) is -0.629. The molecule has 1 unspecified atom stereocenters. The zero-order chi connectivity index (χ0) is 25.9. The second kappa shape index (κ2) is 17.0. The lowest BCUT2D eigenvalue weighted by Crippen LogP contribution is -2.45. The minimum absolute atomic E-state index is 0.0635. The molecule has 0 spiro atoms. The van der Waals surface area contributed by atoms with E-state index in [1.54, 1.807) is 14.1 Å². The van der Waals surface area contributed by atoms with Crippen LogP contribution in [0.5, 0.6) is 0 Å². The van der Waals surface area contributed by atoms with E-state index >= 15 is 0 Å². The van der Waals surface area contributed by atoms with Crippen LogP contribution in [0.4, 0.5) is 0 Å². The lowest BCUT2D eigenvalue weighted by Gasteiger charge is -2.25. The number of likely N-dealkylation sites (N-methyl/N-ethyl adjacent to an activating group) is 2. The minimum atomic E-state index is -4.67. The Hall–Kier alpha value is -0.710. The molecule has 0 heterocycles. The summed E-state index contributed by atoms with van der Waals surface area (Å²) in [5, 5.41) is 29.8. The smallest absolute Gasteiger partial charge is 0.267 e. The molecule has 0 aliphatic carbocycles. The summed E-state index contributed by atoms with van der Waals surface area (Å²) in [5.74, 6) is -1.60. The summed E-state index contributed by atoms with van der Waals surface area (Å²) in [4.78, 5) is 27.0. The number of quaternary nitrogens is 2. The second-order valence-corrected chi connectivity index (χ2v) is 9.21. The van der Waals surface area contributed by atoms with E-state index in [4.69, 9.17) is 12.7 Å². The summed E-state index contributed by atoms with van der Waals surface area (Å²) >= 11 is 0. The van der Waals surface area contributed by atoms with Gasteiger partial charge in [-0.15, -0.1) is 0 Å². The molecule has 0 radical (unpaired) electrons. The van der Waals surface area contributed by atoms with Crippen LogP contribution in [0.25, 0.3) is 0 Å². The fourth-order valence-electron chi connectivity index (χ4n) is 0.846. The molecule has 16 heteroatoms. The van der Waals surface area contributed by atoms with Gasteiger partial charge in [-0.1, -0.05) is 6.61 Å². The summed E-state index contributed by atoms with van der Waals surface area (Å²) in [5.41, 5.74) is 0. The SMILES string of the molecule is CNCS(=O)(=O)[O-].O=P([O-])(O)OCO.[2H]C[N+](C)(C)CC(=O)[O-].[2H]C[N+](C)(C)CC[O-]. The van der Waals surface area contributed by atoms with Crippen molar-refractivity contribution in [2.45, 2.75) is 0 Å². The number of phosphoric acid groups is 1. The molecule has 3 N–H and O–H groups in total. The van der Waals surface area contributed by atoms with E-state index in [1.807, 2.05) is 14.1 Å². The van der Waals surface area contributed by atoms with Crippen LogP contribution in [0.3, 0.4) is 0 Å². The van der Waals surface area contributed by atoms with Crippen LogP contribution in [-0.2, 0) is 24.0 Å². The number of rotatable bonds is 8. The van der Waals surface area contributed by atoms with Gasteiger partial charge in [0.2, 0.25) is 0 Å². The maximum atomic E-state index is 10.0. The molecule has 0 saturated carbocycles. The number of carboxylic acids is 1. The highest BCUT2D eigenvalue weighted by molar-refractivity contribution is 7.85. The quantitative estimate of drug-likeness (QED) is 0.130. The van der Waals surface area contributed by atoms with Gasteiger partial charge >= 0.3 is 0 Å². The van der Waals surface area contributed by atoms with Gasteiger partial charge < -0.3 is 48.7 Å². The third kappa shape index (κ3) is 65.8. The Kier molecular flexibility index (Phi) is 17.9. The van der Waals surface area contributed by atoms with E-state index in [0.29, 0.717) is 18.1 Å². The Labute approximate surface area is 175 Å². The van der Waals surface area contributed by atoms with Gasteiger partial charge in [-0.25, -0.2) is 8.42 Å². The standard InChI is InChI=1S/C5H11NO2.C5H13NO.C2H7NO3S.CH5O5P/c1-6(2,3)4-5(7)8;1-6(2,3)4-5-7;1-3-2-7(4,5)6;2-1-6-7(3,4)5/h4H2,1-3H3;4-5H2,1-3H3;3H,2H2,1H3,(H,4,5,6);2H,1H2,(H2,3,4,5)/p-2/i2*1D;;. The molecule has 0 aliphatic heterocycles. The maximum Gasteiger partial charge on any atom is 0.267 e. The van der Waals surface area contributed by atoms with Gasteiger partial charge in [0.1, 0.15) is 16.7 Å². The summed E-state index contributed by atoms with van der Waals surface area (Å²) in [7, 11) is 0.153. The Morgan fingerprint density at radius 1 is 1.24 bits per heavy atom. The van der Waals surface area contributed by atoms with Crippen LogP contribution in [0.1, 0.15) is 2.74 Å². The van der Waals surface area contributed by atoms with Crippen molar-refractivity contribution < 1.29 is 63.7 Å². The van der Waals surface area contributed by atoms with Crippen LogP contribution in [0, 0.1) is 0 Å². The average molecular weight is 473 g/mol. The third-order valence-electron chi connectivity index (χ3n) is 1.80. The maximum absolute atomic E-state index is 10.0. The fraction of sp³-hybridized carbons (Fsp3) is 0.923. The number of carbonyl (C=O) groups excluding carboxylic acids is 1. The first-order valence-electron chi connectivity index (χ1n) is 9.01. The summed E-state index contributed by atoms with van der Waals surface area (Å²) in [6.07, 6.45) is 0. The van der Waals surface area contributed by atoms with E-state index < -0.39 is 36.6 Å². The third-order valence-corrected chi connectivity index (χ3v) is 2.88. The predicted octanol–water partition coefficient (Wildman–Crippen LogP) is -5.38. The Morgan fingerprint density at radius 3 is 1.76 bits per heavy atom. The zero-order valence-corrected chi connectivity index (χ0v) is 19.0. The molecule has 0 aliphatic rings. The molecule has 0 bridgehead atoms. The molecular formula is C13H34N3O11PS-2. The number of aliphatic carboxylic acids is 1. The Bertz CT molecular complexity index is 604. The van der Waals surface area contributed by atoms with Crippen LogP contribution in [0.2, 0.25) is 0 Å². The molecule has 0 saturated heterocycles. The summed E-state index contributed by atoms with van der Waals surface area (Å²) < 4.78 is 56.1. The number of nitrogens with one attached hydrogen (secondary N) is 1. The lowest BCUT2D eigenvalue weighted by atomic mass is 10.5. The van der Waals surface area contributed by atoms with E-state index in [2.05, 4.69) is 9.84 Å². The van der Waals surface area contributed by atoms with Crippen LogP contribution < -0.4 is 20.4 Å².